The number of aromatic nitrogens is 2. The van der Waals surface area contributed by atoms with Crippen molar-refractivity contribution in [2.75, 3.05) is 12.1 Å². The van der Waals surface area contributed by atoms with E-state index in [1.807, 2.05) is 0 Å². The zero-order chi connectivity index (χ0) is 19.7. The van der Waals surface area contributed by atoms with Crippen molar-refractivity contribution >= 4 is 23.2 Å². The smallest absolute Gasteiger partial charge is 0.254 e. The van der Waals surface area contributed by atoms with E-state index in [1.54, 1.807) is 49.4 Å². The Kier molecular flexibility index (Phi) is 4.75. The average Bonchev–Trinajstić information content (AvgIpc) is 3.12. The first-order chi connectivity index (χ1) is 13.5. The molecule has 7 nitrogen and oxygen atoms in total. The summed E-state index contributed by atoms with van der Waals surface area (Å²) in [4.78, 5) is 29.5. The number of amides is 1. The number of aryl methyl sites for hydroxylation is 1. The average molecular weight is 398 g/mol. The van der Waals surface area contributed by atoms with Gasteiger partial charge in [0.05, 0.1) is 0 Å². The number of rotatable bonds is 4. The lowest BCUT2D eigenvalue weighted by molar-refractivity contribution is -0.116. The maximum Gasteiger partial charge on any atom is 0.254 e. The Morgan fingerprint density at radius 3 is 2.68 bits per heavy atom. The SMILES string of the molecule is Cc1cc(=O)n(CC(=O)Nc2ccc3c(c2)OCO3)c(-c2ccc(Cl)cc2)n1. The zero-order valence-corrected chi connectivity index (χ0v) is 15.7. The predicted molar refractivity (Wildman–Crippen MR) is 105 cm³/mol. The fraction of sp³-hybridized carbons (Fsp3) is 0.150. The fourth-order valence-corrected chi connectivity index (χ4v) is 3.04. The van der Waals surface area contributed by atoms with Gasteiger partial charge in [0.1, 0.15) is 12.4 Å². The quantitative estimate of drug-likeness (QED) is 0.730. The van der Waals surface area contributed by atoms with Crippen molar-refractivity contribution in [2.45, 2.75) is 13.5 Å². The number of hydrogen-bond donors (Lipinski definition) is 1. The number of nitrogens with one attached hydrogen (secondary N) is 1. The van der Waals surface area contributed by atoms with Crippen LogP contribution < -0.4 is 20.3 Å². The second-order valence-electron chi connectivity index (χ2n) is 6.27. The third-order valence-electron chi connectivity index (χ3n) is 4.20. The van der Waals surface area contributed by atoms with Gasteiger partial charge in [0.2, 0.25) is 12.7 Å². The van der Waals surface area contributed by atoms with Crippen LogP contribution in [0.1, 0.15) is 5.69 Å². The van der Waals surface area contributed by atoms with Crippen LogP contribution in [0.5, 0.6) is 11.5 Å². The van der Waals surface area contributed by atoms with E-state index in [9.17, 15) is 9.59 Å². The Balaban J connectivity index is 1.61. The van der Waals surface area contributed by atoms with E-state index >= 15 is 0 Å². The van der Waals surface area contributed by atoms with Crippen LogP contribution in [0.25, 0.3) is 11.4 Å². The third-order valence-corrected chi connectivity index (χ3v) is 4.45. The molecule has 1 aromatic heterocycles. The van der Waals surface area contributed by atoms with Gasteiger partial charge in [-0.05, 0) is 43.3 Å². The third kappa shape index (κ3) is 3.70. The van der Waals surface area contributed by atoms with Crippen LogP contribution in [0.4, 0.5) is 5.69 Å². The highest BCUT2D eigenvalue weighted by Gasteiger charge is 2.16. The number of fused-ring (bicyclic) bond motifs is 1. The normalized spacial score (nSPS) is 12.1. The van der Waals surface area contributed by atoms with Crippen LogP contribution in [-0.4, -0.2) is 22.3 Å². The van der Waals surface area contributed by atoms with Crippen molar-refractivity contribution in [3.8, 4) is 22.9 Å². The predicted octanol–water partition coefficient (Wildman–Crippen LogP) is 3.24. The molecule has 1 amide bonds. The van der Waals surface area contributed by atoms with Crippen LogP contribution >= 0.6 is 11.6 Å². The van der Waals surface area contributed by atoms with Gasteiger partial charge in [-0.1, -0.05) is 11.6 Å². The van der Waals surface area contributed by atoms with E-state index in [0.717, 1.165) is 0 Å². The number of benzene rings is 2. The van der Waals surface area contributed by atoms with E-state index in [0.29, 0.717) is 39.3 Å². The largest absolute Gasteiger partial charge is 0.454 e. The first-order valence-corrected chi connectivity index (χ1v) is 8.91. The number of anilines is 1. The molecular formula is C20H16ClN3O4. The number of halogens is 1. The summed E-state index contributed by atoms with van der Waals surface area (Å²) in [6, 6.07) is 13.4. The number of carbonyl (C=O) groups excluding carboxylic acids is 1. The summed E-state index contributed by atoms with van der Waals surface area (Å²) in [7, 11) is 0. The lowest BCUT2D eigenvalue weighted by Crippen LogP contribution is -2.29. The summed E-state index contributed by atoms with van der Waals surface area (Å²) in [5.41, 5.74) is 1.51. The standard InChI is InChI=1S/C20H16ClN3O4/c1-12-8-19(26)24(20(22-12)13-2-4-14(21)5-3-13)10-18(25)23-15-6-7-16-17(9-15)28-11-27-16/h2-9H,10-11H2,1H3,(H,23,25). The Morgan fingerprint density at radius 2 is 1.89 bits per heavy atom. The van der Waals surface area contributed by atoms with Crippen LogP contribution in [0.2, 0.25) is 5.02 Å². The first-order valence-electron chi connectivity index (χ1n) is 8.53. The topological polar surface area (TPSA) is 82.5 Å². The van der Waals surface area contributed by atoms with Gasteiger partial charge < -0.3 is 14.8 Å². The molecule has 2 aromatic carbocycles. The number of ether oxygens (including phenoxy) is 2. The first kappa shape index (κ1) is 18.1. The molecule has 4 rings (SSSR count). The van der Waals surface area contributed by atoms with E-state index in [1.165, 1.54) is 10.6 Å². The molecule has 0 fully saturated rings. The maximum absolute atomic E-state index is 12.6. The van der Waals surface area contributed by atoms with Gasteiger partial charge in [-0.15, -0.1) is 0 Å². The molecule has 0 saturated heterocycles. The van der Waals surface area contributed by atoms with Crippen molar-refractivity contribution in [1.29, 1.82) is 0 Å². The lowest BCUT2D eigenvalue weighted by Gasteiger charge is -2.13. The maximum atomic E-state index is 12.6. The Hall–Kier alpha value is -3.32. The minimum absolute atomic E-state index is 0.154. The van der Waals surface area contributed by atoms with Gasteiger partial charge in [0.15, 0.2) is 11.5 Å². The van der Waals surface area contributed by atoms with E-state index in [4.69, 9.17) is 21.1 Å². The highest BCUT2D eigenvalue weighted by Crippen LogP contribution is 2.34. The molecule has 28 heavy (non-hydrogen) atoms. The summed E-state index contributed by atoms with van der Waals surface area (Å²) in [6.45, 7) is 1.71. The second-order valence-corrected chi connectivity index (χ2v) is 6.71. The molecule has 0 spiro atoms. The van der Waals surface area contributed by atoms with Crippen LogP contribution in [0.3, 0.4) is 0 Å². The van der Waals surface area contributed by atoms with E-state index in [-0.39, 0.29) is 24.8 Å². The Morgan fingerprint density at radius 1 is 1.14 bits per heavy atom. The molecule has 1 N–H and O–H groups in total. The van der Waals surface area contributed by atoms with Crippen LogP contribution in [-0.2, 0) is 11.3 Å². The minimum Gasteiger partial charge on any atom is -0.454 e. The van der Waals surface area contributed by atoms with Gasteiger partial charge >= 0.3 is 0 Å². The van der Waals surface area contributed by atoms with Crippen LogP contribution in [0, 0.1) is 6.92 Å². The summed E-state index contributed by atoms with van der Waals surface area (Å²) in [6.07, 6.45) is 0. The van der Waals surface area contributed by atoms with E-state index in [2.05, 4.69) is 10.3 Å². The fourth-order valence-electron chi connectivity index (χ4n) is 2.91. The van der Waals surface area contributed by atoms with Gasteiger partial charge in [-0.25, -0.2) is 4.98 Å². The van der Waals surface area contributed by atoms with Crippen molar-refractivity contribution in [1.82, 2.24) is 9.55 Å². The van der Waals surface area contributed by atoms with Crippen molar-refractivity contribution in [3.63, 3.8) is 0 Å². The van der Waals surface area contributed by atoms with Crippen molar-refractivity contribution in [3.05, 3.63) is 69.6 Å². The summed E-state index contributed by atoms with van der Waals surface area (Å²) in [5, 5.41) is 3.34. The molecule has 3 aromatic rings. The monoisotopic (exact) mass is 397 g/mol. The molecule has 0 aliphatic carbocycles. The molecule has 1 aliphatic heterocycles. The van der Waals surface area contributed by atoms with Crippen LogP contribution in [0.15, 0.2) is 53.3 Å². The highest BCUT2D eigenvalue weighted by atomic mass is 35.5. The highest BCUT2D eigenvalue weighted by molar-refractivity contribution is 6.30. The Labute approximate surface area is 165 Å². The number of carbonyl (C=O) groups is 1. The molecule has 2 heterocycles. The molecule has 8 heteroatoms. The van der Waals surface area contributed by atoms with Gasteiger partial charge in [0.25, 0.3) is 5.56 Å². The molecule has 1 aliphatic rings. The molecule has 0 saturated carbocycles. The lowest BCUT2D eigenvalue weighted by atomic mass is 10.2. The molecular weight excluding hydrogens is 382 g/mol. The molecule has 0 radical (unpaired) electrons. The van der Waals surface area contributed by atoms with E-state index < -0.39 is 0 Å². The molecule has 0 atom stereocenters. The molecule has 0 bridgehead atoms. The summed E-state index contributed by atoms with van der Waals surface area (Å²) < 4.78 is 11.9. The van der Waals surface area contributed by atoms with Gasteiger partial charge in [-0.2, -0.15) is 0 Å². The number of hydrogen-bond acceptors (Lipinski definition) is 5. The number of nitrogens with zero attached hydrogens (tertiary/aromatic N) is 2. The van der Waals surface area contributed by atoms with Crippen molar-refractivity contribution < 1.29 is 14.3 Å². The van der Waals surface area contributed by atoms with Gasteiger partial charge in [0, 0.05) is 34.1 Å². The van der Waals surface area contributed by atoms with Gasteiger partial charge in [-0.3, -0.25) is 14.2 Å². The summed E-state index contributed by atoms with van der Waals surface area (Å²) >= 11 is 5.94. The second kappa shape index (κ2) is 7.36. The summed E-state index contributed by atoms with van der Waals surface area (Å²) in [5.74, 6) is 1.24. The molecule has 142 valence electrons. The zero-order valence-electron chi connectivity index (χ0n) is 14.9. The Bertz CT molecular complexity index is 1110. The molecule has 0 unspecified atom stereocenters. The van der Waals surface area contributed by atoms with Crippen molar-refractivity contribution in [2.24, 2.45) is 0 Å². The minimum atomic E-state index is -0.359.